The van der Waals surface area contributed by atoms with Crippen molar-refractivity contribution < 1.29 is 5.11 Å². The minimum Gasteiger partial charge on any atom is -0.392 e. The summed E-state index contributed by atoms with van der Waals surface area (Å²) in [4.78, 5) is 4.38. The molecule has 3 rings (SSSR count). The summed E-state index contributed by atoms with van der Waals surface area (Å²) in [6, 6.07) is 8.55. The molecule has 0 fully saturated rings. The molecule has 0 amide bonds. The molecule has 0 radical (unpaired) electrons. The van der Waals surface area contributed by atoms with Gasteiger partial charge in [-0.15, -0.1) is 0 Å². The molecule has 3 heteroatoms. The Morgan fingerprint density at radius 1 is 1.40 bits per heavy atom. The van der Waals surface area contributed by atoms with Gasteiger partial charge in [0.2, 0.25) is 0 Å². The Bertz CT molecular complexity index is 576. The monoisotopic (exact) mass is 270 g/mol. The van der Waals surface area contributed by atoms with Gasteiger partial charge in [0, 0.05) is 31.3 Å². The van der Waals surface area contributed by atoms with Crippen molar-refractivity contribution in [3.8, 4) is 0 Å². The van der Waals surface area contributed by atoms with Crippen LogP contribution in [0.15, 0.2) is 36.7 Å². The van der Waals surface area contributed by atoms with Gasteiger partial charge in [0.1, 0.15) is 5.82 Å². The van der Waals surface area contributed by atoms with E-state index < -0.39 is 0 Å². The molecule has 1 aliphatic carbocycles. The highest BCUT2D eigenvalue weighted by Gasteiger charge is 2.27. The first-order chi connectivity index (χ1) is 9.79. The summed E-state index contributed by atoms with van der Waals surface area (Å²) >= 11 is 0. The van der Waals surface area contributed by atoms with Gasteiger partial charge in [0.25, 0.3) is 0 Å². The lowest BCUT2D eigenvalue weighted by atomic mass is 9.79. The van der Waals surface area contributed by atoms with Gasteiger partial charge in [-0.3, -0.25) is 0 Å². The molecular weight excluding hydrogens is 248 g/mol. The van der Waals surface area contributed by atoms with E-state index in [9.17, 15) is 5.11 Å². The molecule has 1 heterocycles. The SMILES string of the molecule is CCn1ccnc1CC(O)C1CCCc2ccccc21. The van der Waals surface area contributed by atoms with Gasteiger partial charge in [-0.2, -0.15) is 0 Å². The molecule has 2 atom stereocenters. The minimum absolute atomic E-state index is 0.252. The molecule has 0 bridgehead atoms. The lowest BCUT2D eigenvalue weighted by molar-refractivity contribution is 0.131. The number of nitrogens with zero attached hydrogens (tertiary/aromatic N) is 2. The first-order valence-electron chi connectivity index (χ1n) is 7.55. The van der Waals surface area contributed by atoms with Crippen LogP contribution in [0.5, 0.6) is 0 Å². The van der Waals surface area contributed by atoms with Crippen LogP contribution >= 0.6 is 0 Å². The third-order valence-electron chi connectivity index (χ3n) is 4.41. The van der Waals surface area contributed by atoms with Crippen molar-refractivity contribution in [1.82, 2.24) is 9.55 Å². The van der Waals surface area contributed by atoms with Crippen molar-refractivity contribution in [2.75, 3.05) is 0 Å². The number of hydrogen-bond acceptors (Lipinski definition) is 2. The topological polar surface area (TPSA) is 38.0 Å². The molecule has 2 unspecified atom stereocenters. The quantitative estimate of drug-likeness (QED) is 0.927. The van der Waals surface area contributed by atoms with E-state index in [1.807, 2.05) is 12.4 Å². The summed E-state index contributed by atoms with van der Waals surface area (Å²) in [5.41, 5.74) is 2.74. The number of aryl methyl sites for hydroxylation is 2. The Morgan fingerprint density at radius 2 is 2.25 bits per heavy atom. The number of aliphatic hydroxyl groups is 1. The third-order valence-corrected chi connectivity index (χ3v) is 4.41. The van der Waals surface area contributed by atoms with Crippen LogP contribution in [-0.2, 0) is 19.4 Å². The zero-order valence-electron chi connectivity index (χ0n) is 12.0. The zero-order chi connectivity index (χ0) is 13.9. The first-order valence-corrected chi connectivity index (χ1v) is 7.55. The minimum atomic E-state index is -0.343. The number of aliphatic hydroxyl groups excluding tert-OH is 1. The Labute approximate surface area is 120 Å². The van der Waals surface area contributed by atoms with Crippen molar-refractivity contribution in [2.45, 2.75) is 51.2 Å². The highest BCUT2D eigenvalue weighted by atomic mass is 16.3. The van der Waals surface area contributed by atoms with E-state index >= 15 is 0 Å². The van der Waals surface area contributed by atoms with E-state index in [0.29, 0.717) is 6.42 Å². The second-order valence-corrected chi connectivity index (χ2v) is 5.60. The van der Waals surface area contributed by atoms with Crippen molar-refractivity contribution in [3.63, 3.8) is 0 Å². The summed E-state index contributed by atoms with van der Waals surface area (Å²) in [5, 5.41) is 10.7. The fraction of sp³-hybridized carbons (Fsp3) is 0.471. The fourth-order valence-electron chi connectivity index (χ4n) is 3.34. The standard InChI is InChI=1S/C17H22N2O/c1-2-19-11-10-18-17(19)12-16(20)15-9-5-7-13-6-3-4-8-14(13)15/h3-4,6,8,10-11,15-16,20H,2,5,7,9,12H2,1H3. The summed E-state index contributed by atoms with van der Waals surface area (Å²) < 4.78 is 2.11. The highest BCUT2D eigenvalue weighted by molar-refractivity contribution is 5.33. The normalized spacial score (nSPS) is 19.6. The van der Waals surface area contributed by atoms with Crippen LogP contribution in [0.25, 0.3) is 0 Å². The maximum Gasteiger partial charge on any atom is 0.111 e. The molecule has 0 spiro atoms. The molecule has 106 valence electrons. The van der Waals surface area contributed by atoms with Crippen LogP contribution in [0.2, 0.25) is 0 Å². The van der Waals surface area contributed by atoms with Crippen molar-refractivity contribution in [1.29, 1.82) is 0 Å². The van der Waals surface area contributed by atoms with E-state index in [2.05, 4.69) is 40.7 Å². The number of imidazole rings is 1. The summed E-state index contributed by atoms with van der Waals surface area (Å²) in [6.45, 7) is 3.01. The van der Waals surface area contributed by atoms with Gasteiger partial charge in [-0.05, 0) is 37.3 Å². The molecule has 3 nitrogen and oxygen atoms in total. The van der Waals surface area contributed by atoms with Crippen LogP contribution < -0.4 is 0 Å². The van der Waals surface area contributed by atoms with Crippen LogP contribution in [-0.4, -0.2) is 20.8 Å². The van der Waals surface area contributed by atoms with Crippen LogP contribution in [0.1, 0.15) is 42.6 Å². The van der Waals surface area contributed by atoms with E-state index in [0.717, 1.165) is 25.2 Å². The predicted molar refractivity (Wildman–Crippen MR) is 79.7 cm³/mol. The number of rotatable bonds is 4. The molecule has 20 heavy (non-hydrogen) atoms. The Balaban J connectivity index is 1.80. The highest BCUT2D eigenvalue weighted by Crippen LogP contribution is 2.34. The molecule has 0 saturated carbocycles. The third kappa shape index (κ3) is 2.50. The van der Waals surface area contributed by atoms with Gasteiger partial charge in [0.05, 0.1) is 6.10 Å². The second kappa shape index (κ2) is 5.80. The summed E-state index contributed by atoms with van der Waals surface area (Å²) in [7, 11) is 0. The summed E-state index contributed by atoms with van der Waals surface area (Å²) in [6.07, 6.45) is 7.48. The van der Waals surface area contributed by atoms with Crippen molar-refractivity contribution in [2.24, 2.45) is 0 Å². The van der Waals surface area contributed by atoms with Gasteiger partial charge in [0.15, 0.2) is 0 Å². The number of hydrogen-bond donors (Lipinski definition) is 1. The average molecular weight is 270 g/mol. The average Bonchev–Trinajstić information content (AvgIpc) is 2.93. The molecule has 0 saturated heterocycles. The molecular formula is C17H22N2O. The predicted octanol–water partition coefficient (Wildman–Crippen LogP) is 2.93. The van der Waals surface area contributed by atoms with Gasteiger partial charge < -0.3 is 9.67 Å². The van der Waals surface area contributed by atoms with Gasteiger partial charge in [-0.25, -0.2) is 4.98 Å². The second-order valence-electron chi connectivity index (χ2n) is 5.60. The van der Waals surface area contributed by atoms with Crippen LogP contribution in [0.4, 0.5) is 0 Å². The lowest BCUT2D eigenvalue weighted by Gasteiger charge is -2.29. The maximum atomic E-state index is 10.7. The Kier molecular flexibility index (Phi) is 3.88. The van der Waals surface area contributed by atoms with Gasteiger partial charge >= 0.3 is 0 Å². The maximum absolute atomic E-state index is 10.7. The molecule has 1 aliphatic rings. The molecule has 2 aromatic rings. The lowest BCUT2D eigenvalue weighted by Crippen LogP contribution is -2.26. The molecule has 1 N–H and O–H groups in total. The molecule has 1 aromatic carbocycles. The smallest absolute Gasteiger partial charge is 0.111 e. The Morgan fingerprint density at radius 3 is 3.10 bits per heavy atom. The number of aromatic nitrogens is 2. The molecule has 1 aromatic heterocycles. The largest absolute Gasteiger partial charge is 0.392 e. The van der Waals surface area contributed by atoms with Crippen LogP contribution in [0.3, 0.4) is 0 Å². The van der Waals surface area contributed by atoms with E-state index in [1.54, 1.807) is 0 Å². The van der Waals surface area contributed by atoms with Crippen molar-refractivity contribution >= 4 is 0 Å². The zero-order valence-corrected chi connectivity index (χ0v) is 12.0. The van der Waals surface area contributed by atoms with E-state index in [1.165, 1.54) is 17.5 Å². The number of benzene rings is 1. The van der Waals surface area contributed by atoms with Crippen molar-refractivity contribution in [3.05, 3.63) is 53.6 Å². The van der Waals surface area contributed by atoms with Crippen LogP contribution in [0, 0.1) is 0 Å². The molecule has 0 aliphatic heterocycles. The first kappa shape index (κ1) is 13.4. The summed E-state index contributed by atoms with van der Waals surface area (Å²) in [5.74, 6) is 1.24. The van der Waals surface area contributed by atoms with Gasteiger partial charge in [-0.1, -0.05) is 24.3 Å². The van der Waals surface area contributed by atoms with E-state index in [-0.39, 0.29) is 12.0 Å². The fourth-order valence-corrected chi connectivity index (χ4v) is 3.34. The Hall–Kier alpha value is -1.61. The number of fused-ring (bicyclic) bond motifs is 1. The van der Waals surface area contributed by atoms with E-state index in [4.69, 9.17) is 0 Å².